The van der Waals surface area contributed by atoms with Crippen molar-refractivity contribution in [2.24, 2.45) is 0 Å². The van der Waals surface area contributed by atoms with Gasteiger partial charge in [0.1, 0.15) is 5.82 Å². The lowest BCUT2D eigenvalue weighted by Crippen LogP contribution is -2.42. The van der Waals surface area contributed by atoms with Crippen LogP contribution in [0.1, 0.15) is 33.7 Å². The van der Waals surface area contributed by atoms with E-state index >= 15 is 0 Å². The number of halogens is 1. The van der Waals surface area contributed by atoms with Gasteiger partial charge in [-0.2, -0.15) is 5.10 Å². The molecule has 0 spiro atoms. The Morgan fingerprint density at radius 3 is 2.80 bits per heavy atom. The molecule has 160 valence electrons. The molecule has 1 amide bonds. The number of aromatic nitrogens is 2. The van der Waals surface area contributed by atoms with Gasteiger partial charge in [0.15, 0.2) is 5.69 Å². The van der Waals surface area contributed by atoms with Crippen molar-refractivity contribution in [1.29, 1.82) is 0 Å². The molecule has 0 bridgehead atoms. The number of rotatable bonds is 7. The maximum atomic E-state index is 13.1. The predicted molar refractivity (Wildman–Crippen MR) is 113 cm³/mol. The summed E-state index contributed by atoms with van der Waals surface area (Å²) in [7, 11) is 0. The van der Waals surface area contributed by atoms with Crippen LogP contribution in [0.3, 0.4) is 0 Å². The highest BCUT2D eigenvalue weighted by molar-refractivity contribution is 5.94. The van der Waals surface area contributed by atoms with Gasteiger partial charge in [0.2, 0.25) is 0 Å². The summed E-state index contributed by atoms with van der Waals surface area (Å²) in [5.41, 5.74) is 3.92. The Balaban J connectivity index is 1.44. The fraction of sp³-hybridized carbons (Fsp3) is 0.478. The van der Waals surface area contributed by atoms with E-state index in [4.69, 9.17) is 4.74 Å². The number of morpholine rings is 1. The Morgan fingerprint density at radius 2 is 2.07 bits per heavy atom. The van der Waals surface area contributed by atoms with Crippen LogP contribution in [0.2, 0.25) is 0 Å². The molecule has 2 aromatic rings. The van der Waals surface area contributed by atoms with Gasteiger partial charge in [-0.05, 0) is 49.9 Å². The van der Waals surface area contributed by atoms with E-state index in [-0.39, 0.29) is 11.7 Å². The number of carbonyl (C=O) groups excluding carboxylic acids is 1. The Bertz CT molecular complexity index is 887. The highest BCUT2D eigenvalue weighted by Gasteiger charge is 2.31. The van der Waals surface area contributed by atoms with Gasteiger partial charge >= 0.3 is 0 Å². The molecular weight excluding hydrogens is 383 g/mol. The third kappa shape index (κ3) is 4.63. The average molecular weight is 413 g/mol. The van der Waals surface area contributed by atoms with Gasteiger partial charge in [-0.25, -0.2) is 4.39 Å². The molecule has 1 N–H and O–H groups in total. The zero-order chi connectivity index (χ0) is 20.9. The van der Waals surface area contributed by atoms with Crippen LogP contribution in [0.5, 0.6) is 0 Å². The van der Waals surface area contributed by atoms with Crippen molar-refractivity contribution in [1.82, 2.24) is 20.0 Å². The van der Waals surface area contributed by atoms with Crippen LogP contribution in [-0.4, -0.2) is 59.5 Å². The predicted octanol–water partition coefficient (Wildman–Crippen LogP) is 2.37. The van der Waals surface area contributed by atoms with Crippen LogP contribution >= 0.6 is 0 Å². The summed E-state index contributed by atoms with van der Waals surface area (Å²) in [6, 6.07) is 6.96. The number of amides is 1. The van der Waals surface area contributed by atoms with Crippen LogP contribution in [0.15, 0.2) is 36.9 Å². The van der Waals surface area contributed by atoms with Crippen molar-refractivity contribution in [2.45, 2.75) is 38.3 Å². The largest absolute Gasteiger partial charge is 0.378 e. The molecule has 0 unspecified atom stereocenters. The molecule has 1 fully saturated rings. The summed E-state index contributed by atoms with van der Waals surface area (Å²) < 4.78 is 20.4. The molecule has 1 aliphatic carbocycles. The van der Waals surface area contributed by atoms with Crippen molar-refractivity contribution in [3.63, 3.8) is 0 Å². The standard InChI is InChI=1S/C23H29FN4O2/c1-2-11-28-21-8-7-19(25-10-9-17-3-5-18(24)6-4-17)16-20(21)22(26-28)23(29)27-12-14-30-15-13-27/h2-6,19,25H,1,7-16H2/t19-/m0/s1. The van der Waals surface area contributed by atoms with Gasteiger partial charge in [0, 0.05) is 30.4 Å². The quantitative estimate of drug-likeness (QED) is 0.710. The molecule has 30 heavy (non-hydrogen) atoms. The Labute approximate surface area is 176 Å². The van der Waals surface area contributed by atoms with Crippen LogP contribution in [0.25, 0.3) is 0 Å². The lowest BCUT2D eigenvalue weighted by molar-refractivity contribution is 0.0297. The minimum Gasteiger partial charge on any atom is -0.378 e. The smallest absolute Gasteiger partial charge is 0.274 e. The number of fused-ring (bicyclic) bond motifs is 1. The third-order valence-corrected chi connectivity index (χ3v) is 5.91. The first-order valence-corrected chi connectivity index (χ1v) is 10.7. The lowest BCUT2D eigenvalue weighted by atomic mass is 9.91. The number of hydrogen-bond acceptors (Lipinski definition) is 4. The molecule has 6 nitrogen and oxygen atoms in total. The maximum Gasteiger partial charge on any atom is 0.274 e. The minimum absolute atomic E-state index is 0.00400. The second-order valence-corrected chi connectivity index (χ2v) is 7.92. The summed E-state index contributed by atoms with van der Waals surface area (Å²) in [6.45, 7) is 7.64. The van der Waals surface area contributed by atoms with Gasteiger partial charge in [0.25, 0.3) is 5.91 Å². The summed E-state index contributed by atoms with van der Waals surface area (Å²) in [5.74, 6) is -0.204. The Kier molecular flexibility index (Phi) is 6.59. The number of nitrogens with zero attached hydrogens (tertiary/aromatic N) is 3. The molecule has 0 saturated carbocycles. The highest BCUT2D eigenvalue weighted by Crippen LogP contribution is 2.26. The molecule has 2 aliphatic rings. The molecule has 0 radical (unpaired) electrons. The zero-order valence-electron chi connectivity index (χ0n) is 17.3. The van der Waals surface area contributed by atoms with E-state index in [1.807, 2.05) is 27.8 Å². The van der Waals surface area contributed by atoms with Crippen molar-refractivity contribution in [3.8, 4) is 0 Å². The molecule has 1 aromatic carbocycles. The number of allylic oxidation sites excluding steroid dienone is 1. The first-order valence-electron chi connectivity index (χ1n) is 10.7. The molecule has 7 heteroatoms. The SMILES string of the molecule is C=CCn1nc(C(=O)N2CCOCC2)c2c1CC[C@H](NCCc1ccc(F)cc1)C2. The van der Waals surface area contributed by atoms with Gasteiger partial charge in [0.05, 0.1) is 19.8 Å². The maximum absolute atomic E-state index is 13.1. The molecule has 1 aliphatic heterocycles. The third-order valence-electron chi connectivity index (χ3n) is 5.91. The van der Waals surface area contributed by atoms with Crippen molar-refractivity contribution >= 4 is 5.91 Å². The monoisotopic (exact) mass is 412 g/mol. The fourth-order valence-corrected chi connectivity index (χ4v) is 4.30. The van der Waals surface area contributed by atoms with E-state index in [1.54, 1.807) is 0 Å². The summed E-state index contributed by atoms with van der Waals surface area (Å²) in [6.07, 6.45) is 5.36. The Hall–Kier alpha value is -2.51. The van der Waals surface area contributed by atoms with Gasteiger partial charge in [-0.15, -0.1) is 6.58 Å². The number of hydrogen-bond donors (Lipinski definition) is 1. The molecule has 2 heterocycles. The number of carbonyl (C=O) groups is 1. The first kappa shape index (κ1) is 20.8. The topological polar surface area (TPSA) is 59.4 Å². The van der Waals surface area contributed by atoms with Gasteiger partial charge < -0.3 is 15.0 Å². The summed E-state index contributed by atoms with van der Waals surface area (Å²) in [5, 5.41) is 8.29. The molecule has 1 saturated heterocycles. The first-order chi connectivity index (χ1) is 14.7. The molecule has 1 atom stereocenters. The molecule has 4 rings (SSSR count). The van der Waals surface area contributed by atoms with Gasteiger partial charge in [-0.1, -0.05) is 18.2 Å². The minimum atomic E-state index is -0.208. The average Bonchev–Trinajstić information content (AvgIpc) is 3.13. The van der Waals surface area contributed by atoms with Crippen molar-refractivity contribution in [2.75, 3.05) is 32.8 Å². The molecule has 1 aromatic heterocycles. The van der Waals surface area contributed by atoms with E-state index in [0.717, 1.165) is 49.0 Å². The zero-order valence-corrected chi connectivity index (χ0v) is 17.3. The van der Waals surface area contributed by atoms with Crippen molar-refractivity contribution < 1.29 is 13.9 Å². The summed E-state index contributed by atoms with van der Waals surface area (Å²) >= 11 is 0. The normalized spacial score (nSPS) is 18.8. The van der Waals surface area contributed by atoms with Crippen LogP contribution in [0, 0.1) is 5.82 Å². The van der Waals surface area contributed by atoms with E-state index in [1.165, 1.54) is 12.1 Å². The van der Waals surface area contributed by atoms with Gasteiger partial charge in [-0.3, -0.25) is 9.48 Å². The number of nitrogens with one attached hydrogen (secondary N) is 1. The Morgan fingerprint density at radius 1 is 1.30 bits per heavy atom. The van der Waals surface area contributed by atoms with Crippen LogP contribution in [0.4, 0.5) is 4.39 Å². The van der Waals surface area contributed by atoms with Crippen LogP contribution in [-0.2, 0) is 30.5 Å². The highest BCUT2D eigenvalue weighted by atomic mass is 19.1. The second kappa shape index (κ2) is 9.53. The lowest BCUT2D eigenvalue weighted by Gasteiger charge is -2.28. The number of benzene rings is 1. The van der Waals surface area contributed by atoms with Crippen molar-refractivity contribution in [3.05, 3.63) is 65.3 Å². The summed E-state index contributed by atoms with van der Waals surface area (Å²) in [4.78, 5) is 15.0. The molecular formula is C23H29FN4O2. The van der Waals surface area contributed by atoms with E-state index < -0.39 is 0 Å². The second-order valence-electron chi connectivity index (χ2n) is 7.92. The van der Waals surface area contributed by atoms with E-state index in [2.05, 4.69) is 17.0 Å². The fourth-order valence-electron chi connectivity index (χ4n) is 4.30. The van der Waals surface area contributed by atoms with E-state index in [9.17, 15) is 9.18 Å². The van der Waals surface area contributed by atoms with E-state index in [0.29, 0.717) is 44.6 Å². The number of ether oxygens (including phenoxy) is 1. The van der Waals surface area contributed by atoms with Crippen LogP contribution < -0.4 is 5.32 Å².